The average Bonchev–Trinajstić information content (AvgIpc) is 2.86. The normalized spacial score (nSPS) is 39.4. The van der Waals surface area contributed by atoms with Gasteiger partial charge in [0.2, 0.25) is 0 Å². The Bertz CT molecular complexity index is 836. The summed E-state index contributed by atoms with van der Waals surface area (Å²) in [6, 6.07) is -0.350. The van der Waals surface area contributed by atoms with Crippen molar-refractivity contribution in [3.63, 3.8) is 0 Å². The van der Waals surface area contributed by atoms with Crippen molar-refractivity contribution in [2.45, 2.75) is 110 Å². The number of likely N-dealkylation sites (N-methyl/N-ethyl adjacent to an activating group) is 2. The summed E-state index contributed by atoms with van der Waals surface area (Å²) < 4.78 is 24.4. The lowest BCUT2D eigenvalue weighted by molar-refractivity contribution is -0.295. The molecular weight excluding hydrogens is 504 g/mol. The molecule has 2 fully saturated rings. The van der Waals surface area contributed by atoms with Crippen LogP contribution in [0, 0.1) is 17.3 Å². The molecule has 2 aliphatic heterocycles. The molecule has 10 heteroatoms. The summed E-state index contributed by atoms with van der Waals surface area (Å²) in [5.41, 5.74) is -2.40. The molecule has 1 N–H and O–H groups in total. The lowest BCUT2D eigenvalue weighted by atomic mass is 9.74. The summed E-state index contributed by atoms with van der Waals surface area (Å²) in [4.78, 5) is 42.3. The van der Waals surface area contributed by atoms with Crippen LogP contribution in [0.2, 0.25) is 0 Å². The largest absolute Gasteiger partial charge is 0.463 e. The van der Waals surface area contributed by atoms with Gasteiger partial charge in [-0.05, 0) is 74.0 Å². The highest BCUT2D eigenvalue weighted by atomic mass is 16.7. The SMILES string of the molecule is CO[C@]1(C)C[C@@H](C)CN(C)[C@@H](CCC=O)COC(=O)C(C)(C)C(=O)[C@H](C)[C@H]1O[C@@H]1O[C@H](C)C[C@H](N(C)C)[C@H]1O. The molecule has 39 heavy (non-hydrogen) atoms. The molecule has 9 atom stereocenters. The van der Waals surface area contributed by atoms with Crippen molar-refractivity contribution in [3.05, 3.63) is 0 Å². The molecule has 0 aromatic rings. The van der Waals surface area contributed by atoms with Crippen LogP contribution in [0.1, 0.15) is 67.2 Å². The monoisotopic (exact) mass is 556 g/mol. The highest BCUT2D eigenvalue weighted by Crippen LogP contribution is 2.38. The molecule has 0 aromatic heterocycles. The smallest absolute Gasteiger partial charge is 0.319 e. The predicted molar refractivity (Wildman–Crippen MR) is 147 cm³/mol. The number of aldehydes is 1. The maximum Gasteiger partial charge on any atom is 0.319 e. The Kier molecular flexibility index (Phi) is 12.1. The Morgan fingerprint density at radius 2 is 1.82 bits per heavy atom. The zero-order valence-corrected chi connectivity index (χ0v) is 25.6. The summed E-state index contributed by atoms with van der Waals surface area (Å²) in [5, 5.41) is 11.2. The van der Waals surface area contributed by atoms with Crippen LogP contribution in [-0.2, 0) is 33.3 Å². The van der Waals surface area contributed by atoms with Gasteiger partial charge in [0.05, 0.1) is 17.8 Å². The second-order valence-corrected chi connectivity index (χ2v) is 12.7. The third-order valence-corrected chi connectivity index (χ3v) is 8.62. The summed E-state index contributed by atoms with van der Waals surface area (Å²) in [6.07, 6.45) is 0.0302. The van der Waals surface area contributed by atoms with Crippen LogP contribution in [0.4, 0.5) is 0 Å². The molecular formula is C29H52N2O8. The number of aliphatic hydroxyl groups is 1. The van der Waals surface area contributed by atoms with Gasteiger partial charge in [0, 0.05) is 38.1 Å². The first-order chi connectivity index (χ1) is 18.1. The summed E-state index contributed by atoms with van der Waals surface area (Å²) in [7, 11) is 7.35. The minimum Gasteiger partial charge on any atom is -0.463 e. The van der Waals surface area contributed by atoms with E-state index in [-0.39, 0.29) is 36.5 Å². The minimum absolute atomic E-state index is 0.0916. The molecule has 0 spiro atoms. The van der Waals surface area contributed by atoms with E-state index in [1.807, 2.05) is 39.9 Å². The van der Waals surface area contributed by atoms with Gasteiger partial charge in [-0.2, -0.15) is 0 Å². The first-order valence-electron chi connectivity index (χ1n) is 14.1. The number of aliphatic hydroxyl groups excluding tert-OH is 1. The topological polar surface area (TPSA) is 115 Å². The molecule has 2 rings (SSSR count). The molecule has 2 saturated heterocycles. The van der Waals surface area contributed by atoms with Crippen LogP contribution in [-0.4, -0.2) is 117 Å². The van der Waals surface area contributed by atoms with Gasteiger partial charge in [-0.15, -0.1) is 0 Å². The second-order valence-electron chi connectivity index (χ2n) is 12.7. The van der Waals surface area contributed by atoms with Gasteiger partial charge in [-0.1, -0.05) is 13.8 Å². The van der Waals surface area contributed by atoms with E-state index < -0.39 is 41.4 Å². The van der Waals surface area contributed by atoms with E-state index in [9.17, 15) is 19.5 Å². The van der Waals surface area contributed by atoms with Gasteiger partial charge in [0.25, 0.3) is 0 Å². The number of carbonyl (C=O) groups is 3. The number of nitrogens with zero attached hydrogens (tertiary/aromatic N) is 2. The van der Waals surface area contributed by atoms with Gasteiger partial charge in [-0.3, -0.25) is 14.5 Å². The zero-order chi connectivity index (χ0) is 29.7. The number of ketones is 1. The number of cyclic esters (lactones) is 1. The standard InChI is InChI=1S/C29H52N2O8/c1-18-15-29(6,36-10)25(39-26-23(33)22(30(7)8)14-19(2)38-26)20(3)24(34)28(4,5)27(35)37-17-21(12-11-13-32)31(9)16-18/h13,18-23,25-26,33H,11-12,14-17H2,1-10H3/t18-,19-,20+,21+,22+,23-,25-,26+,29-/m1/s1. The average molecular weight is 557 g/mol. The molecule has 0 saturated carbocycles. The van der Waals surface area contributed by atoms with E-state index in [0.29, 0.717) is 32.2 Å². The Labute approximate surface area is 234 Å². The van der Waals surface area contributed by atoms with Crippen LogP contribution < -0.4 is 0 Å². The molecule has 2 heterocycles. The van der Waals surface area contributed by atoms with Crippen molar-refractivity contribution >= 4 is 18.0 Å². The van der Waals surface area contributed by atoms with Gasteiger partial charge >= 0.3 is 5.97 Å². The first-order valence-corrected chi connectivity index (χ1v) is 14.1. The van der Waals surface area contributed by atoms with Gasteiger partial charge < -0.3 is 33.7 Å². The van der Waals surface area contributed by atoms with E-state index >= 15 is 0 Å². The Morgan fingerprint density at radius 3 is 2.38 bits per heavy atom. The Balaban J connectivity index is 2.52. The molecule has 0 aromatic carbocycles. The third kappa shape index (κ3) is 8.07. The molecule has 0 radical (unpaired) electrons. The zero-order valence-electron chi connectivity index (χ0n) is 25.6. The van der Waals surface area contributed by atoms with Gasteiger partial charge in [0.1, 0.15) is 24.4 Å². The van der Waals surface area contributed by atoms with Crippen LogP contribution in [0.5, 0.6) is 0 Å². The number of methoxy groups -OCH3 is 1. The van der Waals surface area contributed by atoms with Crippen molar-refractivity contribution < 1.29 is 38.4 Å². The van der Waals surface area contributed by atoms with Gasteiger partial charge in [-0.25, -0.2) is 0 Å². The summed E-state index contributed by atoms with van der Waals surface area (Å²) in [5.74, 6) is -1.64. The number of hydrogen-bond acceptors (Lipinski definition) is 10. The lowest BCUT2D eigenvalue weighted by Crippen LogP contribution is -2.59. The van der Waals surface area contributed by atoms with Crippen LogP contribution in [0.25, 0.3) is 0 Å². The van der Waals surface area contributed by atoms with Crippen LogP contribution in [0.3, 0.4) is 0 Å². The highest BCUT2D eigenvalue weighted by molar-refractivity contribution is 6.04. The fourth-order valence-electron chi connectivity index (χ4n) is 6.15. The molecule has 226 valence electrons. The third-order valence-electron chi connectivity index (χ3n) is 8.62. The Hall–Kier alpha value is -1.43. The van der Waals surface area contributed by atoms with E-state index in [1.54, 1.807) is 27.9 Å². The number of carbonyl (C=O) groups excluding carboxylic acids is 3. The van der Waals surface area contributed by atoms with Gasteiger partial charge in [0.15, 0.2) is 12.1 Å². The van der Waals surface area contributed by atoms with Crippen molar-refractivity contribution in [2.24, 2.45) is 17.3 Å². The molecule has 2 aliphatic rings. The van der Waals surface area contributed by atoms with Crippen molar-refractivity contribution in [1.29, 1.82) is 0 Å². The molecule has 10 nitrogen and oxygen atoms in total. The first kappa shape index (κ1) is 33.8. The number of ether oxygens (including phenoxy) is 4. The summed E-state index contributed by atoms with van der Waals surface area (Å²) >= 11 is 0. The van der Waals surface area contributed by atoms with E-state index in [1.165, 1.54) is 0 Å². The van der Waals surface area contributed by atoms with Crippen molar-refractivity contribution in [3.8, 4) is 0 Å². The number of rotatable bonds is 7. The molecule has 0 unspecified atom stereocenters. The second kappa shape index (κ2) is 14.0. The van der Waals surface area contributed by atoms with Crippen molar-refractivity contribution in [2.75, 3.05) is 41.4 Å². The number of Topliss-reactive ketones (excluding diaryl/α,β-unsaturated/α-hetero) is 1. The fourth-order valence-corrected chi connectivity index (χ4v) is 6.15. The highest BCUT2D eigenvalue weighted by Gasteiger charge is 2.51. The quantitative estimate of drug-likeness (QED) is 0.285. The van der Waals surface area contributed by atoms with Crippen LogP contribution in [0.15, 0.2) is 0 Å². The molecule has 0 aliphatic carbocycles. The lowest BCUT2D eigenvalue weighted by Gasteiger charge is -2.47. The van der Waals surface area contributed by atoms with Crippen LogP contribution >= 0.6 is 0 Å². The molecule has 0 bridgehead atoms. The minimum atomic E-state index is -1.45. The van der Waals surface area contributed by atoms with E-state index in [4.69, 9.17) is 18.9 Å². The van der Waals surface area contributed by atoms with Crippen molar-refractivity contribution in [1.82, 2.24) is 9.80 Å². The number of hydrogen-bond donors (Lipinski definition) is 1. The number of esters is 1. The molecule has 0 amide bonds. The maximum absolute atomic E-state index is 13.9. The van der Waals surface area contributed by atoms with E-state index in [2.05, 4.69) is 11.8 Å². The maximum atomic E-state index is 13.9. The van der Waals surface area contributed by atoms with E-state index in [0.717, 1.165) is 6.29 Å². The summed E-state index contributed by atoms with van der Waals surface area (Å²) in [6.45, 7) is 11.6. The fraction of sp³-hybridized carbons (Fsp3) is 0.897. The Morgan fingerprint density at radius 1 is 1.18 bits per heavy atom. The predicted octanol–water partition coefficient (Wildman–Crippen LogP) is 2.30.